The van der Waals surface area contributed by atoms with Gasteiger partial charge in [0.15, 0.2) is 9.84 Å². The number of ether oxygens (including phenoxy) is 1. The summed E-state index contributed by atoms with van der Waals surface area (Å²) in [6, 6.07) is 13.6. The van der Waals surface area contributed by atoms with E-state index >= 15 is 0 Å². The number of amides is 1. The summed E-state index contributed by atoms with van der Waals surface area (Å²) < 4.78 is 31.3. The zero-order valence-corrected chi connectivity index (χ0v) is 16.1. The number of halogens is 1. The molecular weight excluding hydrogens is 406 g/mol. The molecule has 0 saturated carbocycles. The van der Waals surface area contributed by atoms with Gasteiger partial charge in [0.2, 0.25) is 0 Å². The van der Waals surface area contributed by atoms with E-state index in [1.165, 1.54) is 7.11 Å². The molecule has 0 radical (unpaired) electrons. The number of methoxy groups -OCH3 is 1. The second kappa shape index (κ2) is 7.17. The Morgan fingerprint density at radius 3 is 2.60 bits per heavy atom. The predicted octanol–water partition coefficient (Wildman–Crippen LogP) is 3.15. The van der Waals surface area contributed by atoms with Crippen LogP contribution in [0, 0.1) is 0 Å². The monoisotopic (exact) mass is 423 g/mol. The van der Waals surface area contributed by atoms with Crippen LogP contribution in [-0.2, 0) is 9.84 Å². The highest BCUT2D eigenvalue weighted by Crippen LogP contribution is 2.28. The first-order valence-corrected chi connectivity index (χ1v) is 10.2. The fourth-order valence-electron chi connectivity index (χ4n) is 2.93. The smallest absolute Gasteiger partial charge is 0.255 e. The molecule has 1 saturated heterocycles. The minimum absolute atomic E-state index is 0.194. The molecule has 0 aromatic heterocycles. The van der Waals surface area contributed by atoms with Gasteiger partial charge in [-0.3, -0.25) is 4.79 Å². The number of carbonyl (C=O) groups is 1. The molecule has 0 aliphatic carbocycles. The van der Waals surface area contributed by atoms with Crippen LogP contribution in [0.4, 0.5) is 0 Å². The van der Waals surface area contributed by atoms with Gasteiger partial charge < -0.3 is 9.64 Å². The van der Waals surface area contributed by atoms with Gasteiger partial charge in [-0.25, -0.2) is 8.42 Å². The van der Waals surface area contributed by atoms with Crippen molar-refractivity contribution >= 4 is 31.7 Å². The van der Waals surface area contributed by atoms with Crippen LogP contribution in [0.5, 0.6) is 5.75 Å². The van der Waals surface area contributed by atoms with Crippen molar-refractivity contribution in [1.29, 1.82) is 0 Å². The summed E-state index contributed by atoms with van der Waals surface area (Å²) in [6.45, 7) is 0.610. The molecule has 1 amide bonds. The summed E-state index contributed by atoms with van der Waals surface area (Å²) in [7, 11) is -1.90. The van der Waals surface area contributed by atoms with E-state index in [2.05, 4.69) is 15.9 Å². The molecule has 5 nitrogen and oxygen atoms in total. The third-order valence-corrected chi connectivity index (χ3v) is 7.23. The SMILES string of the molecule is COc1ccc(Br)c(C(=O)N2CC[C@H](S(=O)(=O)c3ccccc3)C2)c1. The zero-order valence-electron chi connectivity index (χ0n) is 13.7. The number of nitrogens with zero attached hydrogens (tertiary/aromatic N) is 1. The van der Waals surface area contributed by atoms with Crippen LogP contribution in [-0.4, -0.2) is 44.7 Å². The van der Waals surface area contributed by atoms with Crippen LogP contribution in [0.3, 0.4) is 0 Å². The van der Waals surface area contributed by atoms with E-state index in [1.807, 2.05) is 0 Å². The third-order valence-electron chi connectivity index (χ3n) is 4.35. The van der Waals surface area contributed by atoms with E-state index in [-0.39, 0.29) is 12.5 Å². The molecule has 0 N–H and O–H groups in total. The number of carbonyl (C=O) groups excluding carboxylic acids is 1. The Kier molecular flexibility index (Phi) is 5.15. The standard InChI is InChI=1S/C18H18BrNO4S/c1-24-13-7-8-17(19)16(11-13)18(21)20-10-9-15(12-20)25(22,23)14-5-3-2-4-6-14/h2-8,11,15H,9-10,12H2,1H3/t15-/m0/s1. The summed E-state index contributed by atoms with van der Waals surface area (Å²) in [4.78, 5) is 14.7. The molecule has 7 heteroatoms. The molecule has 1 fully saturated rings. The number of likely N-dealkylation sites (tertiary alicyclic amines) is 1. The maximum absolute atomic E-state index is 12.8. The van der Waals surface area contributed by atoms with Gasteiger partial charge in [0.05, 0.1) is 22.8 Å². The molecule has 1 aliphatic heterocycles. The lowest BCUT2D eigenvalue weighted by atomic mass is 10.2. The van der Waals surface area contributed by atoms with Crippen LogP contribution in [0.1, 0.15) is 16.8 Å². The van der Waals surface area contributed by atoms with Crippen molar-refractivity contribution in [2.45, 2.75) is 16.6 Å². The second-order valence-electron chi connectivity index (χ2n) is 5.87. The van der Waals surface area contributed by atoms with Crippen LogP contribution >= 0.6 is 15.9 Å². The van der Waals surface area contributed by atoms with Gasteiger partial charge in [-0.15, -0.1) is 0 Å². The predicted molar refractivity (Wildman–Crippen MR) is 98.6 cm³/mol. The lowest BCUT2D eigenvalue weighted by Crippen LogP contribution is -2.32. The summed E-state index contributed by atoms with van der Waals surface area (Å²) in [5.74, 6) is 0.385. The summed E-state index contributed by atoms with van der Waals surface area (Å²) in [5, 5.41) is -0.580. The quantitative estimate of drug-likeness (QED) is 0.757. The van der Waals surface area contributed by atoms with Crippen molar-refractivity contribution in [3.8, 4) is 5.75 Å². The van der Waals surface area contributed by atoms with Crippen molar-refractivity contribution in [3.05, 3.63) is 58.6 Å². The van der Waals surface area contributed by atoms with E-state index in [4.69, 9.17) is 4.74 Å². The van der Waals surface area contributed by atoms with Crippen molar-refractivity contribution in [2.75, 3.05) is 20.2 Å². The molecule has 2 aromatic rings. The van der Waals surface area contributed by atoms with E-state index in [9.17, 15) is 13.2 Å². The topological polar surface area (TPSA) is 63.7 Å². The number of sulfone groups is 1. The first-order valence-electron chi connectivity index (χ1n) is 7.85. The molecule has 0 bridgehead atoms. The Morgan fingerprint density at radius 2 is 1.92 bits per heavy atom. The summed E-state index contributed by atoms with van der Waals surface area (Å²) >= 11 is 3.38. The molecule has 2 aromatic carbocycles. The second-order valence-corrected chi connectivity index (χ2v) is 8.95. The maximum Gasteiger partial charge on any atom is 0.255 e. The summed E-state index contributed by atoms with van der Waals surface area (Å²) in [6.07, 6.45) is 0.435. The zero-order chi connectivity index (χ0) is 18.0. The summed E-state index contributed by atoms with van der Waals surface area (Å²) in [5.41, 5.74) is 0.470. The van der Waals surface area contributed by atoms with Gasteiger partial charge in [0, 0.05) is 17.6 Å². The molecular formula is C18H18BrNO4S. The molecule has 25 heavy (non-hydrogen) atoms. The van der Waals surface area contributed by atoms with Crippen molar-refractivity contribution < 1.29 is 17.9 Å². The fraction of sp³-hybridized carbons (Fsp3) is 0.278. The maximum atomic E-state index is 12.8. The van der Waals surface area contributed by atoms with E-state index < -0.39 is 15.1 Å². The average Bonchev–Trinajstić information content (AvgIpc) is 3.13. The normalized spacial score (nSPS) is 17.5. The number of benzene rings is 2. The molecule has 0 spiro atoms. The van der Waals surface area contributed by atoms with E-state index in [0.717, 1.165) is 0 Å². The minimum atomic E-state index is -3.44. The molecule has 1 heterocycles. The van der Waals surface area contributed by atoms with Crippen molar-refractivity contribution in [3.63, 3.8) is 0 Å². The minimum Gasteiger partial charge on any atom is -0.497 e. The van der Waals surface area contributed by atoms with Gasteiger partial charge in [-0.2, -0.15) is 0 Å². The van der Waals surface area contributed by atoms with E-state index in [1.54, 1.807) is 53.4 Å². The number of hydrogen-bond donors (Lipinski definition) is 0. The lowest BCUT2D eigenvalue weighted by Gasteiger charge is -2.18. The van der Waals surface area contributed by atoms with Gasteiger partial charge >= 0.3 is 0 Å². The Hall–Kier alpha value is -1.86. The molecule has 1 atom stereocenters. The third kappa shape index (κ3) is 3.57. The van der Waals surface area contributed by atoms with Crippen LogP contribution in [0.15, 0.2) is 57.9 Å². The van der Waals surface area contributed by atoms with Crippen LogP contribution < -0.4 is 4.74 Å². The van der Waals surface area contributed by atoms with Crippen LogP contribution in [0.25, 0.3) is 0 Å². The number of rotatable bonds is 4. The Balaban J connectivity index is 1.80. The Morgan fingerprint density at radius 1 is 1.20 bits per heavy atom. The van der Waals surface area contributed by atoms with Crippen molar-refractivity contribution in [1.82, 2.24) is 4.90 Å². The fourth-order valence-corrected chi connectivity index (χ4v) is 5.06. The highest BCUT2D eigenvalue weighted by atomic mass is 79.9. The van der Waals surface area contributed by atoms with Gasteiger partial charge in [-0.05, 0) is 52.7 Å². The Bertz CT molecular complexity index is 883. The van der Waals surface area contributed by atoms with Gasteiger partial charge in [0.25, 0.3) is 5.91 Å². The van der Waals surface area contributed by atoms with E-state index in [0.29, 0.717) is 33.6 Å². The molecule has 0 unspecified atom stereocenters. The Labute approximate surface area is 155 Å². The van der Waals surface area contributed by atoms with Gasteiger partial charge in [-0.1, -0.05) is 18.2 Å². The largest absolute Gasteiger partial charge is 0.497 e. The number of hydrogen-bond acceptors (Lipinski definition) is 4. The lowest BCUT2D eigenvalue weighted by molar-refractivity contribution is 0.0792. The van der Waals surface area contributed by atoms with Gasteiger partial charge in [0.1, 0.15) is 5.75 Å². The highest BCUT2D eigenvalue weighted by molar-refractivity contribution is 9.10. The molecule has 3 rings (SSSR count). The van der Waals surface area contributed by atoms with Crippen LogP contribution in [0.2, 0.25) is 0 Å². The molecule has 1 aliphatic rings. The highest BCUT2D eigenvalue weighted by Gasteiger charge is 2.36. The van der Waals surface area contributed by atoms with Crippen molar-refractivity contribution in [2.24, 2.45) is 0 Å². The first kappa shape index (κ1) is 17.9. The first-order chi connectivity index (χ1) is 11.9. The average molecular weight is 424 g/mol. The molecule has 132 valence electrons.